The van der Waals surface area contributed by atoms with Crippen molar-refractivity contribution in [2.45, 2.75) is 31.7 Å². The fourth-order valence-electron chi connectivity index (χ4n) is 2.45. The van der Waals surface area contributed by atoms with Gasteiger partial charge in [0.25, 0.3) is 0 Å². The van der Waals surface area contributed by atoms with Crippen LogP contribution in [0.15, 0.2) is 35.3 Å². The lowest BCUT2D eigenvalue weighted by molar-refractivity contribution is -0.143. The molecule has 102 valence electrons. The van der Waals surface area contributed by atoms with Crippen LogP contribution < -0.4 is 0 Å². The van der Waals surface area contributed by atoms with Crippen molar-refractivity contribution in [1.82, 2.24) is 4.90 Å². The Bertz CT molecular complexity index is 458. The van der Waals surface area contributed by atoms with Gasteiger partial charge in [-0.25, -0.2) is 4.79 Å². The first kappa shape index (κ1) is 13.6. The van der Waals surface area contributed by atoms with E-state index in [1.165, 1.54) is 5.56 Å². The smallest absolute Gasteiger partial charge is 0.333 e. The molecule has 0 fully saturated rings. The number of hydrogen-bond donors (Lipinski definition) is 1. The van der Waals surface area contributed by atoms with E-state index < -0.39 is 11.5 Å². The van der Waals surface area contributed by atoms with Crippen LogP contribution in [0.1, 0.15) is 25.3 Å². The maximum absolute atomic E-state index is 11.4. The van der Waals surface area contributed by atoms with Crippen molar-refractivity contribution in [3.05, 3.63) is 35.9 Å². The molecule has 0 radical (unpaired) electrons. The number of benzene rings is 1. The molecule has 1 N–H and O–H groups in total. The molecule has 1 atom stereocenters. The topological polar surface area (TPSA) is 52.9 Å². The second-order valence-electron chi connectivity index (χ2n) is 5.04. The van der Waals surface area contributed by atoms with Gasteiger partial charge in [0.2, 0.25) is 0 Å². The molecule has 1 aromatic carbocycles. The third-order valence-electron chi connectivity index (χ3n) is 3.53. The normalized spacial score (nSPS) is 21.8. The van der Waals surface area contributed by atoms with Gasteiger partial charge in [-0.1, -0.05) is 43.7 Å². The Kier molecular flexibility index (Phi) is 4.20. The molecule has 0 amide bonds. The molecule has 0 spiro atoms. The van der Waals surface area contributed by atoms with Crippen LogP contribution in [-0.2, 0) is 11.2 Å². The number of aliphatic imine (C=N–C) groups is 1. The van der Waals surface area contributed by atoms with Crippen LogP contribution in [0.5, 0.6) is 0 Å². The van der Waals surface area contributed by atoms with Crippen molar-refractivity contribution in [2.24, 2.45) is 4.99 Å². The number of aliphatic carboxylic acids is 1. The van der Waals surface area contributed by atoms with Gasteiger partial charge in [0, 0.05) is 6.54 Å². The largest absolute Gasteiger partial charge is 0.479 e. The minimum atomic E-state index is -0.925. The number of carbonyl (C=O) groups is 1. The summed E-state index contributed by atoms with van der Waals surface area (Å²) in [6.45, 7) is 3.29. The van der Waals surface area contributed by atoms with Crippen molar-refractivity contribution in [3.63, 3.8) is 0 Å². The van der Waals surface area contributed by atoms with E-state index in [-0.39, 0.29) is 0 Å². The molecule has 0 saturated heterocycles. The van der Waals surface area contributed by atoms with Crippen LogP contribution in [-0.4, -0.2) is 40.9 Å². The zero-order valence-corrected chi connectivity index (χ0v) is 11.2. The number of nitrogens with zero attached hydrogens (tertiary/aromatic N) is 2. The zero-order valence-electron chi connectivity index (χ0n) is 11.2. The number of carboxylic acid groups (broad SMARTS) is 1. The Morgan fingerprint density at radius 2 is 2.16 bits per heavy atom. The van der Waals surface area contributed by atoms with Crippen molar-refractivity contribution >= 4 is 12.3 Å². The van der Waals surface area contributed by atoms with E-state index >= 15 is 0 Å². The van der Waals surface area contributed by atoms with E-state index in [2.05, 4.69) is 17.1 Å². The molecule has 1 aromatic rings. The monoisotopic (exact) mass is 260 g/mol. The molecule has 0 saturated carbocycles. The van der Waals surface area contributed by atoms with Crippen LogP contribution in [0.3, 0.4) is 0 Å². The molecule has 19 heavy (non-hydrogen) atoms. The Morgan fingerprint density at radius 1 is 1.42 bits per heavy atom. The molecule has 1 aliphatic rings. The van der Waals surface area contributed by atoms with Crippen molar-refractivity contribution in [1.29, 1.82) is 0 Å². The van der Waals surface area contributed by atoms with E-state index in [0.29, 0.717) is 13.0 Å². The summed E-state index contributed by atoms with van der Waals surface area (Å²) in [5.74, 6) is -0.812. The van der Waals surface area contributed by atoms with E-state index in [1.54, 1.807) is 6.34 Å². The third-order valence-corrected chi connectivity index (χ3v) is 3.53. The molecule has 1 unspecified atom stereocenters. The minimum Gasteiger partial charge on any atom is -0.479 e. The molecule has 4 nitrogen and oxygen atoms in total. The molecule has 1 heterocycles. The van der Waals surface area contributed by atoms with Gasteiger partial charge in [-0.15, -0.1) is 0 Å². The second kappa shape index (κ2) is 5.87. The van der Waals surface area contributed by atoms with Crippen LogP contribution in [0.25, 0.3) is 0 Å². The summed E-state index contributed by atoms with van der Waals surface area (Å²) in [6, 6.07) is 10.2. The van der Waals surface area contributed by atoms with Crippen LogP contribution in [0, 0.1) is 0 Å². The average Bonchev–Trinajstić information content (AvgIpc) is 2.83. The third kappa shape index (κ3) is 3.13. The number of hydrogen-bond acceptors (Lipinski definition) is 3. The van der Waals surface area contributed by atoms with Gasteiger partial charge in [0.15, 0.2) is 5.54 Å². The first-order valence-electron chi connectivity index (χ1n) is 6.73. The van der Waals surface area contributed by atoms with Crippen LogP contribution in [0.4, 0.5) is 0 Å². The molecule has 4 heteroatoms. The summed E-state index contributed by atoms with van der Waals surface area (Å²) < 4.78 is 0. The highest BCUT2D eigenvalue weighted by Gasteiger charge is 2.41. The zero-order chi connectivity index (χ0) is 13.7. The lowest BCUT2D eigenvalue weighted by Gasteiger charge is -2.23. The van der Waals surface area contributed by atoms with Gasteiger partial charge in [-0.3, -0.25) is 4.99 Å². The molecule has 0 aromatic heterocycles. The highest BCUT2D eigenvalue weighted by atomic mass is 16.4. The first-order chi connectivity index (χ1) is 9.16. The summed E-state index contributed by atoms with van der Waals surface area (Å²) in [4.78, 5) is 17.7. The predicted molar refractivity (Wildman–Crippen MR) is 75.5 cm³/mol. The van der Waals surface area contributed by atoms with Gasteiger partial charge >= 0.3 is 5.97 Å². The molecular weight excluding hydrogens is 240 g/mol. The fraction of sp³-hybridized carbons (Fsp3) is 0.467. The lowest BCUT2D eigenvalue weighted by atomic mass is 9.95. The fourth-order valence-corrected chi connectivity index (χ4v) is 2.45. The maximum Gasteiger partial charge on any atom is 0.333 e. The lowest BCUT2D eigenvalue weighted by Crippen LogP contribution is -2.42. The summed E-state index contributed by atoms with van der Waals surface area (Å²) in [7, 11) is 0. The average molecular weight is 260 g/mol. The SMILES string of the molecule is CCCC1(C(=O)O)CN(CCc2ccccc2)C=N1. The van der Waals surface area contributed by atoms with E-state index in [4.69, 9.17) is 0 Å². The molecule has 1 aliphatic heterocycles. The van der Waals surface area contributed by atoms with Gasteiger partial charge in [-0.05, 0) is 18.4 Å². The molecular formula is C15H20N2O2. The Hall–Kier alpha value is -1.84. The van der Waals surface area contributed by atoms with Crippen molar-refractivity contribution in [3.8, 4) is 0 Å². The van der Waals surface area contributed by atoms with Crippen LogP contribution >= 0.6 is 0 Å². The van der Waals surface area contributed by atoms with Gasteiger partial charge in [0.1, 0.15) is 0 Å². The van der Waals surface area contributed by atoms with Gasteiger partial charge < -0.3 is 10.0 Å². The first-order valence-corrected chi connectivity index (χ1v) is 6.73. The van der Waals surface area contributed by atoms with Gasteiger partial charge in [-0.2, -0.15) is 0 Å². The summed E-state index contributed by atoms with van der Waals surface area (Å²) in [5, 5.41) is 9.36. The van der Waals surface area contributed by atoms with E-state index in [0.717, 1.165) is 19.4 Å². The van der Waals surface area contributed by atoms with Crippen molar-refractivity contribution in [2.75, 3.05) is 13.1 Å². The highest BCUT2D eigenvalue weighted by molar-refractivity contribution is 5.83. The maximum atomic E-state index is 11.4. The van der Waals surface area contributed by atoms with Crippen molar-refractivity contribution < 1.29 is 9.90 Å². The number of carboxylic acids is 1. The Labute approximate surface area is 113 Å². The van der Waals surface area contributed by atoms with Gasteiger partial charge in [0.05, 0.1) is 12.9 Å². The second-order valence-corrected chi connectivity index (χ2v) is 5.04. The molecule has 2 rings (SSSR count). The quantitative estimate of drug-likeness (QED) is 0.853. The molecule has 0 aliphatic carbocycles. The summed E-state index contributed by atoms with van der Waals surface area (Å²) in [6.07, 6.45) is 4.04. The number of rotatable bonds is 6. The Balaban J connectivity index is 1.92. The Morgan fingerprint density at radius 3 is 2.79 bits per heavy atom. The standard InChI is InChI=1S/C15H20N2O2/c1-2-9-15(14(18)19)11-17(12-16-15)10-8-13-6-4-3-5-7-13/h3-7,12H,2,8-11H2,1H3,(H,18,19). The summed E-state index contributed by atoms with van der Waals surface area (Å²) >= 11 is 0. The van der Waals surface area contributed by atoms with E-state index in [9.17, 15) is 9.90 Å². The summed E-state index contributed by atoms with van der Waals surface area (Å²) in [5.41, 5.74) is 0.338. The van der Waals surface area contributed by atoms with E-state index in [1.807, 2.05) is 30.0 Å². The highest BCUT2D eigenvalue weighted by Crippen LogP contribution is 2.24. The molecule has 0 bridgehead atoms. The van der Waals surface area contributed by atoms with Crippen LogP contribution in [0.2, 0.25) is 0 Å². The minimum absolute atomic E-state index is 0.489. The predicted octanol–water partition coefficient (Wildman–Crippen LogP) is 2.20.